The first kappa shape index (κ1) is 21.2. The van der Waals surface area contributed by atoms with Crippen LogP contribution in [-0.4, -0.2) is 26.7 Å². The Kier molecular flexibility index (Phi) is 5.67. The van der Waals surface area contributed by atoms with Gasteiger partial charge in [-0.05, 0) is 32.5 Å². The van der Waals surface area contributed by atoms with Gasteiger partial charge in [0.25, 0.3) is 5.56 Å². The molecule has 0 amide bonds. The Bertz CT molecular complexity index is 1350. The summed E-state index contributed by atoms with van der Waals surface area (Å²) in [6, 6.07) is 15.1. The molecule has 0 unspecified atom stereocenters. The molecule has 0 bridgehead atoms. The van der Waals surface area contributed by atoms with E-state index in [0.717, 1.165) is 12.1 Å². The van der Waals surface area contributed by atoms with Crippen LogP contribution in [0.25, 0.3) is 34.0 Å². The van der Waals surface area contributed by atoms with E-state index in [-0.39, 0.29) is 5.56 Å². The van der Waals surface area contributed by atoms with Gasteiger partial charge in [-0.15, -0.1) is 0 Å². The molecule has 0 fully saturated rings. The van der Waals surface area contributed by atoms with Crippen LogP contribution < -0.4 is 10.9 Å². The van der Waals surface area contributed by atoms with Gasteiger partial charge in [-0.25, -0.2) is 4.98 Å². The van der Waals surface area contributed by atoms with Gasteiger partial charge in [-0.3, -0.25) is 14.3 Å². The fourth-order valence-electron chi connectivity index (χ4n) is 3.28. The van der Waals surface area contributed by atoms with Crippen LogP contribution in [0.1, 0.15) is 19.4 Å². The average Bonchev–Trinajstić information content (AvgIpc) is 3.30. The summed E-state index contributed by atoms with van der Waals surface area (Å²) in [5, 5.41) is 16.7. The molecule has 3 aromatic heterocycles. The molecule has 0 saturated heterocycles. The third-order valence-corrected chi connectivity index (χ3v) is 5.11. The lowest BCUT2D eigenvalue weighted by Gasteiger charge is -2.19. The summed E-state index contributed by atoms with van der Waals surface area (Å²) >= 11 is 0. The molecule has 4 aromatic rings. The van der Waals surface area contributed by atoms with Gasteiger partial charge < -0.3 is 9.84 Å². The minimum atomic E-state index is -0.985. The molecule has 0 radical (unpaired) electrons. The molecule has 4 rings (SSSR count). The molecule has 8 heteroatoms. The van der Waals surface area contributed by atoms with Gasteiger partial charge >= 0.3 is 0 Å². The molecule has 0 saturated carbocycles. The van der Waals surface area contributed by atoms with E-state index in [1.165, 1.54) is 16.2 Å². The van der Waals surface area contributed by atoms with Gasteiger partial charge in [0.2, 0.25) is 0 Å². The summed E-state index contributed by atoms with van der Waals surface area (Å²) < 4.78 is 6.91. The van der Waals surface area contributed by atoms with E-state index in [1.54, 1.807) is 38.5 Å². The van der Waals surface area contributed by atoms with Gasteiger partial charge in [0, 0.05) is 36.0 Å². The second kappa shape index (κ2) is 8.57. The van der Waals surface area contributed by atoms with Crippen molar-refractivity contribution in [3.8, 4) is 40.0 Å². The van der Waals surface area contributed by atoms with E-state index < -0.39 is 5.54 Å². The molecular weight excluding hydrogens is 404 g/mol. The highest BCUT2D eigenvalue weighted by atomic mass is 16.5. The highest BCUT2D eigenvalue weighted by molar-refractivity contribution is 5.66. The minimum absolute atomic E-state index is 0.259. The van der Waals surface area contributed by atoms with Crippen molar-refractivity contribution in [1.82, 2.24) is 25.0 Å². The Morgan fingerprint density at radius 3 is 2.50 bits per heavy atom. The summed E-state index contributed by atoms with van der Waals surface area (Å²) in [6.07, 6.45) is 4.82. The maximum absolute atomic E-state index is 12.2. The van der Waals surface area contributed by atoms with Gasteiger partial charge in [0.15, 0.2) is 5.76 Å². The van der Waals surface area contributed by atoms with Crippen LogP contribution in [0.5, 0.6) is 0 Å². The molecule has 0 aliphatic heterocycles. The van der Waals surface area contributed by atoms with Crippen molar-refractivity contribution in [2.45, 2.75) is 25.9 Å². The van der Waals surface area contributed by atoms with Crippen molar-refractivity contribution in [1.29, 1.82) is 5.26 Å². The van der Waals surface area contributed by atoms with E-state index in [2.05, 4.69) is 26.5 Å². The van der Waals surface area contributed by atoms with E-state index in [9.17, 15) is 10.1 Å². The van der Waals surface area contributed by atoms with Crippen molar-refractivity contribution in [2.75, 3.05) is 7.05 Å². The lowest BCUT2D eigenvalue weighted by Crippen LogP contribution is -2.34. The fraction of sp³-hybridized carbons (Fsp3) is 0.208. The van der Waals surface area contributed by atoms with Crippen molar-refractivity contribution >= 4 is 0 Å². The number of hydrogen-bond acceptors (Lipinski definition) is 7. The fourth-order valence-corrected chi connectivity index (χ4v) is 3.28. The number of nitrogens with one attached hydrogen (secondary N) is 1. The Balaban J connectivity index is 1.66. The third kappa shape index (κ3) is 4.19. The predicted molar refractivity (Wildman–Crippen MR) is 120 cm³/mol. The summed E-state index contributed by atoms with van der Waals surface area (Å²) in [5.74, 6) is 0.485. The maximum atomic E-state index is 12.2. The number of pyridine rings is 1. The zero-order valence-electron chi connectivity index (χ0n) is 18.0. The Labute approximate surface area is 185 Å². The first-order valence-electron chi connectivity index (χ1n) is 10.1. The molecule has 1 aromatic carbocycles. The molecule has 1 N–H and O–H groups in total. The van der Waals surface area contributed by atoms with E-state index in [4.69, 9.17) is 4.52 Å². The average molecular weight is 426 g/mol. The highest BCUT2D eigenvalue weighted by Crippen LogP contribution is 2.26. The van der Waals surface area contributed by atoms with Crippen LogP contribution in [0.3, 0.4) is 0 Å². The van der Waals surface area contributed by atoms with Gasteiger partial charge in [0.1, 0.15) is 16.9 Å². The molecule has 160 valence electrons. The summed E-state index contributed by atoms with van der Waals surface area (Å²) in [4.78, 5) is 21.2. The van der Waals surface area contributed by atoms with Gasteiger partial charge in [-0.2, -0.15) is 5.26 Å². The van der Waals surface area contributed by atoms with Crippen LogP contribution >= 0.6 is 0 Å². The molecule has 8 nitrogen and oxygen atoms in total. The van der Waals surface area contributed by atoms with E-state index in [0.29, 0.717) is 28.4 Å². The summed E-state index contributed by atoms with van der Waals surface area (Å²) in [6.45, 7) is 4.16. The van der Waals surface area contributed by atoms with Gasteiger partial charge in [-0.1, -0.05) is 29.4 Å². The van der Waals surface area contributed by atoms with Gasteiger partial charge in [0.05, 0.1) is 24.2 Å². The topological polar surface area (TPSA) is 110 Å². The molecule has 0 aliphatic rings. The summed E-state index contributed by atoms with van der Waals surface area (Å²) in [5.41, 5.74) is 3.32. The van der Waals surface area contributed by atoms with Crippen molar-refractivity contribution in [3.63, 3.8) is 0 Å². The first-order valence-corrected chi connectivity index (χ1v) is 10.1. The zero-order chi connectivity index (χ0) is 22.7. The number of hydrogen-bond donors (Lipinski definition) is 1. The third-order valence-electron chi connectivity index (χ3n) is 5.11. The first-order chi connectivity index (χ1) is 15.4. The molecule has 3 heterocycles. The predicted octanol–water partition coefficient (Wildman–Crippen LogP) is 3.61. The maximum Gasteiger partial charge on any atom is 0.251 e. The van der Waals surface area contributed by atoms with Crippen molar-refractivity contribution in [2.24, 2.45) is 0 Å². The number of rotatable bonds is 6. The minimum Gasteiger partial charge on any atom is -0.354 e. The zero-order valence-corrected chi connectivity index (χ0v) is 18.0. The van der Waals surface area contributed by atoms with Crippen LogP contribution in [0.2, 0.25) is 0 Å². The molecule has 0 spiro atoms. The van der Waals surface area contributed by atoms with Crippen LogP contribution in [0, 0.1) is 11.3 Å². The Morgan fingerprint density at radius 1 is 1.06 bits per heavy atom. The molecular formula is C24H22N6O2. The van der Waals surface area contributed by atoms with Crippen molar-refractivity contribution in [3.05, 3.63) is 77.0 Å². The molecule has 0 aliphatic carbocycles. The highest BCUT2D eigenvalue weighted by Gasteiger charge is 2.21. The summed E-state index contributed by atoms with van der Waals surface area (Å²) in [7, 11) is 1.91. The second-order valence-corrected chi connectivity index (χ2v) is 7.89. The monoisotopic (exact) mass is 426 g/mol. The Morgan fingerprint density at radius 2 is 1.78 bits per heavy atom. The smallest absolute Gasteiger partial charge is 0.251 e. The van der Waals surface area contributed by atoms with E-state index >= 15 is 0 Å². The second-order valence-electron chi connectivity index (χ2n) is 7.89. The quantitative estimate of drug-likeness (QED) is 0.501. The van der Waals surface area contributed by atoms with Crippen molar-refractivity contribution < 1.29 is 4.52 Å². The number of nitriles is 1. The molecule has 0 atom stereocenters. The number of aromatic nitrogens is 4. The standard InChI is InChI=1S/C24H22N6O2/c1-24(2,15-25)30-14-18(8-9-23(30)31)20-12-27-13-21(28-20)22-10-19(29-32-22)17-6-4-16(5-7-17)11-26-3/h4-10,12-14,26H,11H2,1-3H3. The largest absolute Gasteiger partial charge is 0.354 e. The Hall–Kier alpha value is -4.09. The van der Waals surface area contributed by atoms with E-state index in [1.807, 2.05) is 37.4 Å². The lowest BCUT2D eigenvalue weighted by atomic mass is 10.1. The number of benzene rings is 1. The van der Waals surface area contributed by atoms with Crippen LogP contribution in [0.15, 0.2) is 70.4 Å². The number of nitrogens with zero attached hydrogens (tertiary/aromatic N) is 5. The van der Waals surface area contributed by atoms with Crippen LogP contribution in [-0.2, 0) is 12.1 Å². The molecule has 32 heavy (non-hydrogen) atoms. The lowest BCUT2D eigenvalue weighted by molar-refractivity contribution is 0.433. The normalized spacial score (nSPS) is 11.3. The SMILES string of the molecule is CNCc1ccc(-c2cc(-c3cncc(-c4ccc(=O)n(C(C)(C)C#N)c4)n3)on2)cc1. The van der Waals surface area contributed by atoms with Crippen LogP contribution in [0.4, 0.5) is 0 Å².